The Hall–Kier alpha value is -0.170. The molecule has 0 spiro atoms. The van der Waals surface area contributed by atoms with Gasteiger partial charge in [0.25, 0.3) is 0 Å². The predicted octanol–water partition coefficient (Wildman–Crippen LogP) is -0.166. The number of nitrogens with zero attached hydrogens (tertiary/aromatic N) is 2. The second kappa shape index (κ2) is 5.22. The van der Waals surface area contributed by atoms with Gasteiger partial charge in [-0.1, -0.05) is 12.8 Å². The van der Waals surface area contributed by atoms with E-state index in [0.717, 1.165) is 19.5 Å². The lowest BCUT2D eigenvalue weighted by molar-refractivity contribution is 0.0982. The van der Waals surface area contributed by atoms with Gasteiger partial charge in [0.15, 0.2) is 0 Å². The first kappa shape index (κ1) is 13.3. The molecule has 6 heteroatoms. The zero-order valence-corrected chi connectivity index (χ0v) is 11.3. The minimum absolute atomic E-state index is 0.272. The third-order valence-electron chi connectivity index (χ3n) is 3.99. The molecule has 0 aromatic rings. The van der Waals surface area contributed by atoms with Crippen LogP contribution in [0.4, 0.5) is 0 Å². The molecule has 2 N–H and O–H groups in total. The third-order valence-corrected chi connectivity index (χ3v) is 5.30. The minimum atomic E-state index is -3.02. The molecule has 0 bridgehead atoms. The van der Waals surface area contributed by atoms with Gasteiger partial charge in [0.2, 0.25) is 10.0 Å². The van der Waals surface area contributed by atoms with Crippen molar-refractivity contribution < 1.29 is 8.42 Å². The lowest BCUT2D eigenvalue weighted by Crippen LogP contribution is -2.57. The number of rotatable bonds is 2. The van der Waals surface area contributed by atoms with Gasteiger partial charge in [-0.05, 0) is 12.8 Å². The molecule has 1 aliphatic carbocycles. The molecule has 1 saturated carbocycles. The number of sulfonamides is 1. The number of piperazine rings is 1. The highest BCUT2D eigenvalue weighted by Gasteiger charge is 2.31. The molecule has 0 aromatic carbocycles. The van der Waals surface area contributed by atoms with Crippen molar-refractivity contribution in [1.29, 1.82) is 0 Å². The van der Waals surface area contributed by atoms with Crippen LogP contribution in [0.2, 0.25) is 0 Å². The predicted molar refractivity (Wildman–Crippen MR) is 68.2 cm³/mol. The number of nitrogens with two attached hydrogens (primary N) is 1. The van der Waals surface area contributed by atoms with E-state index in [4.69, 9.17) is 5.73 Å². The van der Waals surface area contributed by atoms with Gasteiger partial charge in [0.05, 0.1) is 6.26 Å². The fourth-order valence-corrected chi connectivity index (χ4v) is 3.79. The van der Waals surface area contributed by atoms with Crippen molar-refractivity contribution in [3.63, 3.8) is 0 Å². The standard InChI is InChI=1S/C11H23N3O2S/c1-17(15,16)14-8-6-13(7-9-14)11-5-3-2-4-10(11)12/h10-11H,2-9,12H2,1H3. The summed E-state index contributed by atoms with van der Waals surface area (Å²) in [5.41, 5.74) is 6.16. The van der Waals surface area contributed by atoms with Crippen molar-refractivity contribution in [2.75, 3.05) is 32.4 Å². The highest BCUT2D eigenvalue weighted by Crippen LogP contribution is 2.23. The normalized spacial score (nSPS) is 33.8. The average molecular weight is 261 g/mol. The molecule has 0 radical (unpaired) electrons. The van der Waals surface area contributed by atoms with E-state index in [-0.39, 0.29) is 6.04 Å². The van der Waals surface area contributed by atoms with Gasteiger partial charge in [-0.3, -0.25) is 4.90 Å². The van der Waals surface area contributed by atoms with Crippen LogP contribution >= 0.6 is 0 Å². The van der Waals surface area contributed by atoms with Crippen LogP contribution in [0.1, 0.15) is 25.7 Å². The largest absolute Gasteiger partial charge is 0.326 e. The molecular weight excluding hydrogens is 238 g/mol. The first-order valence-corrected chi connectivity index (χ1v) is 8.28. The van der Waals surface area contributed by atoms with Crippen LogP contribution in [0.5, 0.6) is 0 Å². The number of hydrogen-bond acceptors (Lipinski definition) is 4. The average Bonchev–Trinajstić information content (AvgIpc) is 2.29. The van der Waals surface area contributed by atoms with Gasteiger partial charge in [-0.25, -0.2) is 8.42 Å². The highest BCUT2D eigenvalue weighted by atomic mass is 32.2. The maximum absolute atomic E-state index is 11.4. The van der Waals surface area contributed by atoms with Crippen molar-refractivity contribution in [1.82, 2.24) is 9.21 Å². The summed E-state index contributed by atoms with van der Waals surface area (Å²) >= 11 is 0. The summed E-state index contributed by atoms with van der Waals surface area (Å²) in [6.45, 7) is 2.88. The Morgan fingerprint density at radius 1 is 1.06 bits per heavy atom. The van der Waals surface area contributed by atoms with Crippen LogP contribution in [0.15, 0.2) is 0 Å². The van der Waals surface area contributed by atoms with E-state index in [1.807, 2.05) is 0 Å². The fourth-order valence-electron chi connectivity index (χ4n) is 2.96. The van der Waals surface area contributed by atoms with E-state index in [1.165, 1.54) is 25.5 Å². The smallest absolute Gasteiger partial charge is 0.211 e. The SMILES string of the molecule is CS(=O)(=O)N1CCN(C2CCCCC2N)CC1. The monoisotopic (exact) mass is 261 g/mol. The van der Waals surface area contributed by atoms with Crippen molar-refractivity contribution in [2.24, 2.45) is 5.73 Å². The van der Waals surface area contributed by atoms with E-state index >= 15 is 0 Å². The van der Waals surface area contributed by atoms with Crippen LogP contribution in [0.3, 0.4) is 0 Å². The van der Waals surface area contributed by atoms with Crippen LogP contribution < -0.4 is 5.73 Å². The Morgan fingerprint density at radius 3 is 2.18 bits per heavy atom. The van der Waals surface area contributed by atoms with Crippen molar-refractivity contribution in [2.45, 2.75) is 37.8 Å². The van der Waals surface area contributed by atoms with E-state index in [9.17, 15) is 8.42 Å². The quantitative estimate of drug-likeness (QED) is 0.750. The molecule has 2 unspecified atom stereocenters. The lowest BCUT2D eigenvalue weighted by atomic mass is 9.89. The Kier molecular flexibility index (Phi) is 4.07. The van der Waals surface area contributed by atoms with E-state index < -0.39 is 10.0 Å². The summed E-state index contributed by atoms with van der Waals surface area (Å²) in [5.74, 6) is 0. The maximum Gasteiger partial charge on any atom is 0.211 e. The van der Waals surface area contributed by atoms with Gasteiger partial charge in [0, 0.05) is 38.3 Å². The Morgan fingerprint density at radius 2 is 1.65 bits per heavy atom. The maximum atomic E-state index is 11.4. The summed E-state index contributed by atoms with van der Waals surface area (Å²) in [4.78, 5) is 2.38. The summed E-state index contributed by atoms with van der Waals surface area (Å²) < 4.78 is 24.4. The van der Waals surface area contributed by atoms with Crippen LogP contribution in [-0.4, -0.2) is 62.1 Å². The summed E-state index contributed by atoms with van der Waals surface area (Å²) in [7, 11) is -3.02. The molecule has 2 aliphatic rings. The van der Waals surface area contributed by atoms with Gasteiger partial charge in [-0.15, -0.1) is 0 Å². The minimum Gasteiger partial charge on any atom is -0.326 e. The first-order chi connectivity index (χ1) is 7.98. The lowest BCUT2D eigenvalue weighted by Gasteiger charge is -2.42. The Balaban J connectivity index is 1.90. The molecule has 5 nitrogen and oxygen atoms in total. The van der Waals surface area contributed by atoms with Gasteiger partial charge < -0.3 is 5.73 Å². The Labute approximate surface area is 104 Å². The molecule has 0 aromatic heterocycles. The van der Waals surface area contributed by atoms with Crippen molar-refractivity contribution in [3.8, 4) is 0 Å². The third kappa shape index (κ3) is 3.19. The molecule has 17 heavy (non-hydrogen) atoms. The molecule has 2 rings (SSSR count). The van der Waals surface area contributed by atoms with Crippen LogP contribution in [0.25, 0.3) is 0 Å². The van der Waals surface area contributed by atoms with Crippen molar-refractivity contribution >= 4 is 10.0 Å². The first-order valence-electron chi connectivity index (χ1n) is 6.43. The van der Waals surface area contributed by atoms with E-state index in [1.54, 1.807) is 4.31 Å². The van der Waals surface area contributed by atoms with Gasteiger partial charge in [-0.2, -0.15) is 4.31 Å². The molecular formula is C11H23N3O2S. The van der Waals surface area contributed by atoms with Crippen LogP contribution in [-0.2, 0) is 10.0 Å². The zero-order valence-electron chi connectivity index (χ0n) is 10.5. The number of hydrogen-bond donors (Lipinski definition) is 1. The highest BCUT2D eigenvalue weighted by molar-refractivity contribution is 7.88. The van der Waals surface area contributed by atoms with Crippen molar-refractivity contribution in [3.05, 3.63) is 0 Å². The fraction of sp³-hybridized carbons (Fsp3) is 1.00. The van der Waals surface area contributed by atoms with E-state index in [0.29, 0.717) is 19.1 Å². The summed E-state index contributed by atoms with van der Waals surface area (Å²) in [6, 6.07) is 0.735. The molecule has 2 atom stereocenters. The molecule has 2 fully saturated rings. The molecule has 0 amide bonds. The molecule has 1 heterocycles. The van der Waals surface area contributed by atoms with Gasteiger partial charge >= 0.3 is 0 Å². The zero-order chi connectivity index (χ0) is 12.5. The summed E-state index contributed by atoms with van der Waals surface area (Å²) in [5, 5.41) is 0. The second-order valence-corrected chi connectivity index (χ2v) is 7.20. The Bertz CT molecular complexity index is 350. The molecule has 1 aliphatic heterocycles. The molecule has 1 saturated heterocycles. The van der Waals surface area contributed by atoms with Gasteiger partial charge in [0.1, 0.15) is 0 Å². The summed E-state index contributed by atoms with van der Waals surface area (Å²) in [6.07, 6.45) is 6.05. The van der Waals surface area contributed by atoms with E-state index in [2.05, 4.69) is 4.90 Å². The topological polar surface area (TPSA) is 66.6 Å². The molecule has 100 valence electrons. The van der Waals surface area contributed by atoms with Crippen LogP contribution in [0, 0.1) is 0 Å². The second-order valence-electron chi connectivity index (χ2n) is 5.21.